The third kappa shape index (κ3) is 3.02. The normalized spacial score (nSPS) is 10.2. The van der Waals surface area contributed by atoms with Crippen LogP contribution in [0.4, 0.5) is 11.9 Å². The number of nitrogens with zero attached hydrogens (tertiary/aromatic N) is 4. The maximum absolute atomic E-state index is 5.26. The lowest BCUT2D eigenvalue weighted by Crippen LogP contribution is -2.14. The van der Waals surface area contributed by atoms with E-state index in [1.165, 1.54) is 7.11 Å². The molecule has 2 rings (SSSR count). The highest BCUT2D eigenvalue weighted by molar-refractivity contribution is 7.11. The minimum atomic E-state index is 0.191. The Kier molecular flexibility index (Phi) is 3.85. The molecule has 2 aromatic rings. The van der Waals surface area contributed by atoms with E-state index in [0.29, 0.717) is 12.5 Å². The maximum atomic E-state index is 5.26. The average molecular weight is 267 g/mol. The van der Waals surface area contributed by atoms with E-state index in [4.69, 9.17) is 10.6 Å². The first-order valence-electron chi connectivity index (χ1n) is 5.13. The second-order valence-electron chi connectivity index (χ2n) is 3.33. The molecule has 0 radical (unpaired) electrons. The number of nitrogens with two attached hydrogens (primary N) is 1. The first kappa shape index (κ1) is 12.5. The number of thiazole rings is 1. The minimum Gasteiger partial charge on any atom is -0.467 e. The second kappa shape index (κ2) is 5.56. The van der Waals surface area contributed by atoms with Crippen LogP contribution >= 0.6 is 11.3 Å². The van der Waals surface area contributed by atoms with Crippen molar-refractivity contribution in [1.82, 2.24) is 19.9 Å². The molecule has 0 aliphatic carbocycles. The topological polar surface area (TPSA) is 111 Å². The fourth-order valence-electron chi connectivity index (χ4n) is 1.23. The second-order valence-corrected chi connectivity index (χ2v) is 4.65. The molecule has 2 aromatic heterocycles. The van der Waals surface area contributed by atoms with E-state index >= 15 is 0 Å². The van der Waals surface area contributed by atoms with Gasteiger partial charge in [-0.05, 0) is 6.92 Å². The van der Waals surface area contributed by atoms with Crippen LogP contribution in [0.3, 0.4) is 0 Å². The Bertz CT molecular complexity index is 507. The van der Waals surface area contributed by atoms with Crippen LogP contribution in [0.15, 0.2) is 6.20 Å². The number of hydrogen-bond acceptors (Lipinski definition) is 9. The van der Waals surface area contributed by atoms with Crippen LogP contribution < -0.4 is 21.3 Å². The molecule has 0 bridgehead atoms. The van der Waals surface area contributed by atoms with Crippen molar-refractivity contribution in [1.29, 1.82) is 0 Å². The lowest BCUT2D eigenvalue weighted by atomic mass is 10.6. The van der Waals surface area contributed by atoms with E-state index in [1.54, 1.807) is 11.3 Å². The molecular weight excluding hydrogens is 254 g/mol. The van der Waals surface area contributed by atoms with Gasteiger partial charge in [-0.25, -0.2) is 10.8 Å². The molecule has 0 aromatic carbocycles. The predicted molar refractivity (Wildman–Crippen MR) is 68.4 cm³/mol. The van der Waals surface area contributed by atoms with Crippen LogP contribution in [0, 0.1) is 6.92 Å². The fourth-order valence-corrected chi connectivity index (χ4v) is 1.96. The van der Waals surface area contributed by atoms with Crippen molar-refractivity contribution in [3.05, 3.63) is 16.1 Å². The molecule has 9 heteroatoms. The Morgan fingerprint density at radius 1 is 1.33 bits per heavy atom. The van der Waals surface area contributed by atoms with Gasteiger partial charge in [-0.1, -0.05) is 0 Å². The zero-order chi connectivity index (χ0) is 13.0. The van der Waals surface area contributed by atoms with Gasteiger partial charge in [-0.2, -0.15) is 15.0 Å². The number of hydrogen-bond donors (Lipinski definition) is 3. The Morgan fingerprint density at radius 2 is 2.11 bits per heavy atom. The van der Waals surface area contributed by atoms with E-state index < -0.39 is 0 Å². The summed E-state index contributed by atoms with van der Waals surface area (Å²) in [6.45, 7) is 2.54. The number of nitrogen functional groups attached to an aromatic ring is 1. The Hall–Kier alpha value is -2.00. The van der Waals surface area contributed by atoms with Crippen LogP contribution in [-0.4, -0.2) is 27.0 Å². The van der Waals surface area contributed by atoms with Gasteiger partial charge in [0.1, 0.15) is 5.01 Å². The van der Waals surface area contributed by atoms with E-state index in [0.717, 1.165) is 9.88 Å². The molecule has 0 fully saturated rings. The van der Waals surface area contributed by atoms with Crippen LogP contribution in [-0.2, 0) is 6.54 Å². The molecule has 0 aliphatic heterocycles. The summed E-state index contributed by atoms with van der Waals surface area (Å²) in [6.07, 6.45) is 1.82. The highest BCUT2D eigenvalue weighted by atomic mass is 32.1. The third-order valence-electron chi connectivity index (χ3n) is 1.99. The van der Waals surface area contributed by atoms with E-state index in [2.05, 4.69) is 30.7 Å². The first-order chi connectivity index (χ1) is 8.71. The van der Waals surface area contributed by atoms with Crippen LogP contribution in [0.2, 0.25) is 0 Å². The molecule has 4 N–H and O–H groups in total. The SMILES string of the molecule is COc1nc(NN)nc(NCc2ncc(C)s2)n1. The Balaban J connectivity index is 2.08. The lowest BCUT2D eigenvalue weighted by molar-refractivity contribution is 0.379. The van der Waals surface area contributed by atoms with Gasteiger partial charge >= 0.3 is 6.01 Å². The molecule has 2 heterocycles. The molecule has 96 valence electrons. The minimum absolute atomic E-state index is 0.191. The van der Waals surface area contributed by atoms with Crippen molar-refractivity contribution in [3.63, 3.8) is 0 Å². The molecule has 0 unspecified atom stereocenters. The van der Waals surface area contributed by atoms with Gasteiger partial charge in [0, 0.05) is 11.1 Å². The zero-order valence-corrected chi connectivity index (χ0v) is 10.8. The average Bonchev–Trinajstić information content (AvgIpc) is 2.81. The van der Waals surface area contributed by atoms with Gasteiger partial charge in [0.05, 0.1) is 13.7 Å². The number of methoxy groups -OCH3 is 1. The molecule has 0 saturated carbocycles. The quantitative estimate of drug-likeness (QED) is 0.532. The number of hydrazine groups is 1. The zero-order valence-electron chi connectivity index (χ0n) is 9.97. The van der Waals surface area contributed by atoms with Crippen molar-refractivity contribution in [2.24, 2.45) is 5.84 Å². The van der Waals surface area contributed by atoms with Gasteiger partial charge in [-0.15, -0.1) is 11.3 Å². The van der Waals surface area contributed by atoms with Gasteiger partial charge in [0.2, 0.25) is 11.9 Å². The van der Waals surface area contributed by atoms with Crippen molar-refractivity contribution in [3.8, 4) is 6.01 Å². The molecule has 0 amide bonds. The summed E-state index contributed by atoms with van der Waals surface area (Å²) in [7, 11) is 1.48. The highest BCUT2D eigenvalue weighted by Crippen LogP contribution is 2.14. The molecular formula is C9H13N7OS. The van der Waals surface area contributed by atoms with E-state index in [9.17, 15) is 0 Å². The smallest absolute Gasteiger partial charge is 0.322 e. The largest absolute Gasteiger partial charge is 0.467 e. The van der Waals surface area contributed by atoms with Crippen molar-refractivity contribution in [2.75, 3.05) is 17.9 Å². The summed E-state index contributed by atoms with van der Waals surface area (Å²) in [5.74, 6) is 5.87. The standard InChI is InChI=1S/C9H13N7OS/c1-5-3-11-6(18-5)4-12-7-13-8(16-10)15-9(14-7)17-2/h3H,4,10H2,1-2H3,(H2,12,13,14,15,16). The summed E-state index contributed by atoms with van der Waals surface area (Å²) in [4.78, 5) is 17.4. The number of rotatable bonds is 5. The fraction of sp³-hybridized carbons (Fsp3) is 0.333. The number of ether oxygens (including phenoxy) is 1. The van der Waals surface area contributed by atoms with Crippen LogP contribution in [0.1, 0.15) is 9.88 Å². The van der Waals surface area contributed by atoms with E-state index in [1.807, 2.05) is 13.1 Å². The number of anilines is 2. The molecule has 0 atom stereocenters. The number of aromatic nitrogens is 4. The lowest BCUT2D eigenvalue weighted by Gasteiger charge is -2.06. The summed E-state index contributed by atoms with van der Waals surface area (Å²) in [5, 5.41) is 3.99. The van der Waals surface area contributed by atoms with Gasteiger partial charge in [0.15, 0.2) is 0 Å². The van der Waals surface area contributed by atoms with Crippen molar-refractivity contribution < 1.29 is 4.74 Å². The Labute approximate surface area is 108 Å². The molecule has 8 nitrogen and oxygen atoms in total. The molecule has 0 aliphatic rings. The summed E-state index contributed by atoms with van der Waals surface area (Å²) in [5.41, 5.74) is 2.35. The third-order valence-corrected chi connectivity index (χ3v) is 2.91. The van der Waals surface area contributed by atoms with Crippen LogP contribution in [0.5, 0.6) is 6.01 Å². The van der Waals surface area contributed by atoms with E-state index in [-0.39, 0.29) is 12.0 Å². The highest BCUT2D eigenvalue weighted by Gasteiger charge is 2.06. The first-order valence-corrected chi connectivity index (χ1v) is 5.95. The van der Waals surface area contributed by atoms with Gasteiger partial charge < -0.3 is 10.1 Å². The van der Waals surface area contributed by atoms with Gasteiger partial charge in [-0.3, -0.25) is 5.43 Å². The van der Waals surface area contributed by atoms with Crippen LogP contribution in [0.25, 0.3) is 0 Å². The molecule has 0 saturated heterocycles. The molecule has 0 spiro atoms. The number of nitrogens with one attached hydrogen (secondary N) is 2. The Morgan fingerprint density at radius 3 is 2.72 bits per heavy atom. The number of aryl methyl sites for hydroxylation is 1. The maximum Gasteiger partial charge on any atom is 0.322 e. The monoisotopic (exact) mass is 267 g/mol. The molecule has 18 heavy (non-hydrogen) atoms. The predicted octanol–water partition coefficient (Wildman–Crippen LogP) is 0.543. The van der Waals surface area contributed by atoms with Crippen molar-refractivity contribution >= 4 is 23.2 Å². The summed E-state index contributed by atoms with van der Waals surface area (Å²) < 4.78 is 4.94. The van der Waals surface area contributed by atoms with Crippen molar-refractivity contribution in [2.45, 2.75) is 13.5 Å². The van der Waals surface area contributed by atoms with Gasteiger partial charge in [0.25, 0.3) is 0 Å². The summed E-state index contributed by atoms with van der Waals surface area (Å²) >= 11 is 1.61. The summed E-state index contributed by atoms with van der Waals surface area (Å²) in [6, 6.07) is 0.191.